The molecule has 0 fully saturated rings. The molecule has 0 aromatic carbocycles. The van der Waals surface area contributed by atoms with Crippen LogP contribution in [0.5, 0.6) is 0 Å². The highest BCUT2D eigenvalue weighted by atomic mass is 16.1. The van der Waals surface area contributed by atoms with Crippen LogP contribution in [0.3, 0.4) is 0 Å². The molecule has 0 aliphatic carbocycles. The molecular weight excluding hydrogens is 216 g/mol. The fourth-order valence-electron chi connectivity index (χ4n) is 1.84. The van der Waals surface area contributed by atoms with Crippen molar-refractivity contribution in [3.63, 3.8) is 0 Å². The van der Waals surface area contributed by atoms with Crippen molar-refractivity contribution in [3.05, 3.63) is 18.0 Å². The first-order chi connectivity index (χ1) is 8.11. The third-order valence-electron chi connectivity index (χ3n) is 2.66. The normalized spacial score (nSPS) is 12.7. The highest BCUT2D eigenvalue weighted by Crippen LogP contribution is 2.14. The number of rotatable bonds is 7. The van der Waals surface area contributed by atoms with Crippen LogP contribution in [0.15, 0.2) is 12.4 Å². The summed E-state index contributed by atoms with van der Waals surface area (Å²) >= 11 is 0. The van der Waals surface area contributed by atoms with Crippen molar-refractivity contribution in [2.45, 2.75) is 33.2 Å². The van der Waals surface area contributed by atoms with Gasteiger partial charge < -0.3 is 11.1 Å². The Labute approximate surface area is 102 Å². The zero-order valence-electron chi connectivity index (χ0n) is 10.6. The minimum atomic E-state index is 0.0577. The van der Waals surface area contributed by atoms with Crippen LogP contribution in [-0.4, -0.2) is 22.6 Å². The molecule has 1 unspecified atom stereocenters. The number of nitrogens with one attached hydrogen (secondary N) is 2. The largest absolute Gasteiger partial charge is 0.352 e. The monoisotopic (exact) mass is 238 g/mol. The molecule has 1 rings (SSSR count). The van der Waals surface area contributed by atoms with Gasteiger partial charge >= 0.3 is 0 Å². The number of nitrogens with zero attached hydrogens (tertiary/aromatic N) is 1. The van der Waals surface area contributed by atoms with Gasteiger partial charge in [-0.15, -0.1) is 0 Å². The van der Waals surface area contributed by atoms with Crippen LogP contribution in [-0.2, 0) is 11.3 Å². The maximum atomic E-state index is 11.7. The standard InChI is InChI=1S/C12H22N4O/c1-9(2)3-10(5-13)4-12(17)14-6-11-7-15-16-8-11/h7-10H,3-6,13H2,1-2H3,(H,14,17)(H,15,16). The average Bonchev–Trinajstić information content (AvgIpc) is 2.77. The molecule has 1 atom stereocenters. The average molecular weight is 238 g/mol. The van der Waals surface area contributed by atoms with Crippen molar-refractivity contribution in [3.8, 4) is 0 Å². The lowest BCUT2D eigenvalue weighted by atomic mass is 9.94. The van der Waals surface area contributed by atoms with Gasteiger partial charge in [-0.3, -0.25) is 9.89 Å². The molecule has 0 spiro atoms. The van der Waals surface area contributed by atoms with Crippen molar-refractivity contribution in [2.75, 3.05) is 6.54 Å². The predicted molar refractivity (Wildman–Crippen MR) is 67.1 cm³/mol. The minimum absolute atomic E-state index is 0.0577. The summed E-state index contributed by atoms with van der Waals surface area (Å²) in [6.07, 6.45) is 4.98. The summed E-state index contributed by atoms with van der Waals surface area (Å²) in [6, 6.07) is 0. The molecule has 0 radical (unpaired) electrons. The van der Waals surface area contributed by atoms with E-state index >= 15 is 0 Å². The van der Waals surface area contributed by atoms with Gasteiger partial charge in [0, 0.05) is 24.7 Å². The summed E-state index contributed by atoms with van der Waals surface area (Å²) in [7, 11) is 0. The highest BCUT2D eigenvalue weighted by molar-refractivity contribution is 5.76. The Morgan fingerprint density at radius 3 is 2.88 bits per heavy atom. The molecule has 0 aliphatic rings. The number of hydrogen-bond donors (Lipinski definition) is 3. The Kier molecular flexibility index (Phi) is 5.69. The maximum Gasteiger partial charge on any atom is 0.220 e. The van der Waals surface area contributed by atoms with Gasteiger partial charge in [0.15, 0.2) is 0 Å². The molecule has 0 bridgehead atoms. The summed E-state index contributed by atoms with van der Waals surface area (Å²) in [5.41, 5.74) is 6.64. The predicted octanol–water partition coefficient (Wildman–Crippen LogP) is 1.04. The fourth-order valence-corrected chi connectivity index (χ4v) is 1.84. The molecule has 1 amide bonds. The number of H-pyrrole nitrogens is 1. The highest BCUT2D eigenvalue weighted by Gasteiger charge is 2.13. The number of nitrogens with two attached hydrogens (primary N) is 1. The second-order valence-corrected chi connectivity index (χ2v) is 4.82. The van der Waals surface area contributed by atoms with Crippen LogP contribution in [0.4, 0.5) is 0 Å². The molecule has 1 aromatic heterocycles. The van der Waals surface area contributed by atoms with Crippen LogP contribution in [0.1, 0.15) is 32.3 Å². The minimum Gasteiger partial charge on any atom is -0.352 e. The molecule has 1 aromatic rings. The van der Waals surface area contributed by atoms with Crippen LogP contribution in [0, 0.1) is 11.8 Å². The van der Waals surface area contributed by atoms with E-state index in [1.165, 1.54) is 0 Å². The molecule has 4 N–H and O–H groups in total. The second-order valence-electron chi connectivity index (χ2n) is 4.82. The summed E-state index contributed by atoms with van der Waals surface area (Å²) in [4.78, 5) is 11.7. The van der Waals surface area contributed by atoms with Crippen molar-refractivity contribution in [1.82, 2.24) is 15.5 Å². The van der Waals surface area contributed by atoms with Crippen LogP contribution in [0.2, 0.25) is 0 Å². The lowest BCUT2D eigenvalue weighted by Gasteiger charge is -2.16. The van der Waals surface area contributed by atoms with E-state index < -0.39 is 0 Å². The number of aromatic nitrogens is 2. The van der Waals surface area contributed by atoms with Crippen molar-refractivity contribution < 1.29 is 4.79 Å². The first-order valence-corrected chi connectivity index (χ1v) is 6.06. The van der Waals surface area contributed by atoms with E-state index in [1.54, 1.807) is 12.4 Å². The topological polar surface area (TPSA) is 83.8 Å². The van der Waals surface area contributed by atoms with Gasteiger partial charge in [0.25, 0.3) is 0 Å². The van der Waals surface area contributed by atoms with E-state index in [0.717, 1.165) is 12.0 Å². The van der Waals surface area contributed by atoms with Crippen LogP contribution < -0.4 is 11.1 Å². The molecule has 1 heterocycles. The van der Waals surface area contributed by atoms with E-state index in [0.29, 0.717) is 25.4 Å². The van der Waals surface area contributed by atoms with Gasteiger partial charge in [0.05, 0.1) is 6.20 Å². The number of hydrogen-bond acceptors (Lipinski definition) is 3. The Bertz CT molecular complexity index is 321. The van der Waals surface area contributed by atoms with Crippen LogP contribution >= 0.6 is 0 Å². The summed E-state index contributed by atoms with van der Waals surface area (Å²) in [5.74, 6) is 0.909. The Morgan fingerprint density at radius 1 is 1.59 bits per heavy atom. The second kappa shape index (κ2) is 7.06. The lowest BCUT2D eigenvalue weighted by molar-refractivity contribution is -0.122. The smallest absolute Gasteiger partial charge is 0.220 e. The van der Waals surface area contributed by atoms with Gasteiger partial charge in [-0.2, -0.15) is 5.10 Å². The molecule has 17 heavy (non-hydrogen) atoms. The van der Waals surface area contributed by atoms with Crippen LogP contribution in [0.25, 0.3) is 0 Å². The first-order valence-electron chi connectivity index (χ1n) is 6.06. The third-order valence-corrected chi connectivity index (χ3v) is 2.66. The van der Waals surface area contributed by atoms with Gasteiger partial charge in [-0.05, 0) is 24.8 Å². The Balaban J connectivity index is 2.27. The number of carbonyl (C=O) groups excluding carboxylic acids is 1. The van der Waals surface area contributed by atoms with Gasteiger partial charge in [0.2, 0.25) is 5.91 Å². The molecule has 0 saturated heterocycles. The van der Waals surface area contributed by atoms with E-state index in [4.69, 9.17) is 5.73 Å². The summed E-state index contributed by atoms with van der Waals surface area (Å²) in [5, 5.41) is 9.40. The zero-order valence-corrected chi connectivity index (χ0v) is 10.6. The summed E-state index contributed by atoms with van der Waals surface area (Å²) in [6.45, 7) is 5.38. The van der Waals surface area contributed by atoms with E-state index in [9.17, 15) is 4.79 Å². The Morgan fingerprint density at radius 2 is 2.35 bits per heavy atom. The SMILES string of the molecule is CC(C)CC(CN)CC(=O)NCc1cn[nH]c1. The van der Waals surface area contributed by atoms with Crippen molar-refractivity contribution in [2.24, 2.45) is 17.6 Å². The molecule has 96 valence electrons. The van der Waals surface area contributed by atoms with Gasteiger partial charge in [-0.25, -0.2) is 0 Å². The third kappa shape index (κ3) is 5.49. The number of aromatic amines is 1. The number of amides is 1. The molecular formula is C12H22N4O. The first kappa shape index (κ1) is 13.7. The fraction of sp³-hybridized carbons (Fsp3) is 0.667. The molecule has 0 saturated carbocycles. The summed E-state index contributed by atoms with van der Waals surface area (Å²) < 4.78 is 0. The lowest BCUT2D eigenvalue weighted by Crippen LogP contribution is -2.28. The van der Waals surface area contributed by atoms with Crippen molar-refractivity contribution in [1.29, 1.82) is 0 Å². The zero-order chi connectivity index (χ0) is 12.7. The van der Waals surface area contributed by atoms with E-state index in [1.807, 2.05) is 0 Å². The van der Waals surface area contributed by atoms with E-state index in [-0.39, 0.29) is 11.8 Å². The molecule has 5 nitrogen and oxygen atoms in total. The van der Waals surface area contributed by atoms with Crippen molar-refractivity contribution >= 4 is 5.91 Å². The number of carbonyl (C=O) groups is 1. The van der Waals surface area contributed by atoms with E-state index in [2.05, 4.69) is 29.4 Å². The quantitative estimate of drug-likeness (QED) is 0.663. The molecule has 0 aliphatic heterocycles. The maximum absolute atomic E-state index is 11.7. The Hall–Kier alpha value is -1.36. The van der Waals surface area contributed by atoms with Gasteiger partial charge in [-0.1, -0.05) is 13.8 Å². The molecule has 5 heteroatoms. The van der Waals surface area contributed by atoms with Gasteiger partial charge in [0.1, 0.15) is 0 Å².